The molecule has 0 heterocycles. The molecule has 0 fully saturated rings. The SMILES string of the molecule is N[C@@H](c1cc(Cl)cc(CO)c1O)C(F)(F)F. The summed E-state index contributed by atoms with van der Waals surface area (Å²) in [6.07, 6.45) is -4.69. The van der Waals surface area contributed by atoms with Crippen molar-refractivity contribution in [2.75, 3.05) is 0 Å². The number of halogens is 4. The largest absolute Gasteiger partial charge is 0.507 e. The number of aliphatic hydroxyl groups is 1. The quantitative estimate of drug-likeness (QED) is 0.758. The molecule has 1 aromatic carbocycles. The van der Waals surface area contributed by atoms with Crippen molar-refractivity contribution < 1.29 is 23.4 Å². The van der Waals surface area contributed by atoms with E-state index in [1.165, 1.54) is 6.07 Å². The van der Waals surface area contributed by atoms with Crippen molar-refractivity contribution >= 4 is 11.6 Å². The second-order valence-corrected chi connectivity index (χ2v) is 3.62. The van der Waals surface area contributed by atoms with Crippen LogP contribution in [0.15, 0.2) is 12.1 Å². The molecule has 0 saturated heterocycles. The second-order valence-electron chi connectivity index (χ2n) is 3.18. The zero-order valence-corrected chi connectivity index (χ0v) is 8.68. The van der Waals surface area contributed by atoms with Crippen molar-refractivity contribution in [1.29, 1.82) is 0 Å². The molecule has 0 saturated carbocycles. The van der Waals surface area contributed by atoms with Crippen LogP contribution in [0, 0.1) is 0 Å². The molecule has 3 nitrogen and oxygen atoms in total. The molecule has 7 heteroatoms. The molecule has 0 unspecified atom stereocenters. The molecule has 90 valence electrons. The Morgan fingerprint density at radius 3 is 2.38 bits per heavy atom. The van der Waals surface area contributed by atoms with E-state index in [9.17, 15) is 18.3 Å². The maximum Gasteiger partial charge on any atom is 0.407 e. The van der Waals surface area contributed by atoms with Gasteiger partial charge in [-0.1, -0.05) is 11.6 Å². The van der Waals surface area contributed by atoms with E-state index in [-0.39, 0.29) is 10.6 Å². The first-order valence-electron chi connectivity index (χ1n) is 4.21. The summed E-state index contributed by atoms with van der Waals surface area (Å²) in [7, 11) is 0. The van der Waals surface area contributed by atoms with Crippen LogP contribution >= 0.6 is 11.6 Å². The first-order valence-corrected chi connectivity index (χ1v) is 4.59. The van der Waals surface area contributed by atoms with Crippen LogP contribution < -0.4 is 5.73 Å². The first-order chi connectivity index (χ1) is 7.27. The highest BCUT2D eigenvalue weighted by Gasteiger charge is 2.39. The monoisotopic (exact) mass is 255 g/mol. The van der Waals surface area contributed by atoms with Crippen molar-refractivity contribution in [1.82, 2.24) is 0 Å². The Balaban J connectivity index is 3.28. The summed E-state index contributed by atoms with van der Waals surface area (Å²) < 4.78 is 37.0. The number of rotatable bonds is 2. The van der Waals surface area contributed by atoms with Crippen LogP contribution in [0.2, 0.25) is 5.02 Å². The van der Waals surface area contributed by atoms with Gasteiger partial charge in [-0.15, -0.1) is 0 Å². The molecule has 0 radical (unpaired) electrons. The zero-order chi connectivity index (χ0) is 12.5. The van der Waals surface area contributed by atoms with Crippen LogP contribution in [0.1, 0.15) is 17.2 Å². The van der Waals surface area contributed by atoms with E-state index in [0.29, 0.717) is 0 Å². The molecule has 0 aliphatic rings. The number of alkyl halides is 3. The average Bonchev–Trinajstić information content (AvgIpc) is 2.18. The summed E-state index contributed by atoms with van der Waals surface area (Å²) in [4.78, 5) is 0. The smallest absolute Gasteiger partial charge is 0.407 e. The Morgan fingerprint density at radius 2 is 1.94 bits per heavy atom. The molecule has 1 rings (SSSR count). The topological polar surface area (TPSA) is 66.5 Å². The highest BCUT2D eigenvalue weighted by atomic mass is 35.5. The van der Waals surface area contributed by atoms with Gasteiger partial charge >= 0.3 is 6.18 Å². The fourth-order valence-electron chi connectivity index (χ4n) is 1.21. The normalized spacial score (nSPS) is 13.9. The Hall–Kier alpha value is -0.980. The number of nitrogens with two attached hydrogens (primary N) is 1. The molecule has 0 aromatic heterocycles. The molecule has 1 aromatic rings. The standard InChI is InChI=1S/C9H9ClF3NO2/c10-5-1-4(3-15)7(16)6(2-5)8(14)9(11,12)13/h1-2,8,15-16H,3,14H2/t8-/m0/s1. The number of benzene rings is 1. The molecule has 0 amide bonds. The maximum atomic E-state index is 12.3. The Morgan fingerprint density at radius 1 is 1.38 bits per heavy atom. The second kappa shape index (κ2) is 4.48. The zero-order valence-electron chi connectivity index (χ0n) is 7.92. The average molecular weight is 256 g/mol. The van der Waals surface area contributed by atoms with Crippen LogP contribution in [0.5, 0.6) is 5.75 Å². The molecule has 0 aliphatic carbocycles. The Labute approximate surface area is 94.3 Å². The van der Waals surface area contributed by atoms with E-state index in [2.05, 4.69) is 0 Å². The molecule has 4 N–H and O–H groups in total. The van der Waals surface area contributed by atoms with Crippen molar-refractivity contribution in [3.05, 3.63) is 28.3 Å². The van der Waals surface area contributed by atoms with Crippen molar-refractivity contribution in [2.45, 2.75) is 18.8 Å². The summed E-state index contributed by atoms with van der Waals surface area (Å²) in [6.45, 7) is -0.621. The van der Waals surface area contributed by atoms with E-state index >= 15 is 0 Å². The number of hydrogen-bond acceptors (Lipinski definition) is 3. The van der Waals surface area contributed by atoms with Crippen LogP contribution in [-0.4, -0.2) is 16.4 Å². The Bertz CT molecular complexity index is 395. The van der Waals surface area contributed by atoms with Gasteiger partial charge in [0.05, 0.1) is 6.61 Å². The lowest BCUT2D eigenvalue weighted by Crippen LogP contribution is -2.28. The summed E-state index contributed by atoms with van der Waals surface area (Å²) in [5, 5.41) is 18.2. The van der Waals surface area contributed by atoms with E-state index < -0.39 is 30.1 Å². The number of hydrogen-bond donors (Lipinski definition) is 3. The van der Waals surface area contributed by atoms with E-state index in [0.717, 1.165) is 6.07 Å². The van der Waals surface area contributed by atoms with Crippen molar-refractivity contribution in [3.63, 3.8) is 0 Å². The van der Waals surface area contributed by atoms with Gasteiger partial charge in [0, 0.05) is 16.1 Å². The third-order valence-corrected chi connectivity index (χ3v) is 2.26. The summed E-state index contributed by atoms with van der Waals surface area (Å²) >= 11 is 5.55. The summed E-state index contributed by atoms with van der Waals surface area (Å²) in [5.41, 5.74) is 4.29. The van der Waals surface area contributed by atoms with Gasteiger partial charge in [-0.3, -0.25) is 0 Å². The van der Waals surface area contributed by atoms with Crippen LogP contribution in [0.25, 0.3) is 0 Å². The van der Waals surface area contributed by atoms with Gasteiger partial charge in [0.15, 0.2) is 0 Å². The van der Waals surface area contributed by atoms with Gasteiger partial charge in [0.25, 0.3) is 0 Å². The molecule has 16 heavy (non-hydrogen) atoms. The third-order valence-electron chi connectivity index (χ3n) is 2.04. The summed E-state index contributed by atoms with van der Waals surface area (Å²) in [6, 6.07) is -0.242. The highest BCUT2D eigenvalue weighted by Crippen LogP contribution is 2.38. The lowest BCUT2D eigenvalue weighted by Gasteiger charge is -2.18. The van der Waals surface area contributed by atoms with Gasteiger partial charge in [-0.05, 0) is 12.1 Å². The minimum atomic E-state index is -4.69. The first kappa shape index (κ1) is 13.1. The molecule has 0 aliphatic heterocycles. The lowest BCUT2D eigenvalue weighted by molar-refractivity contribution is -0.149. The van der Waals surface area contributed by atoms with Crippen LogP contribution in [0.4, 0.5) is 13.2 Å². The van der Waals surface area contributed by atoms with Crippen molar-refractivity contribution in [3.8, 4) is 5.75 Å². The highest BCUT2D eigenvalue weighted by molar-refractivity contribution is 6.30. The van der Waals surface area contributed by atoms with Crippen LogP contribution in [0.3, 0.4) is 0 Å². The Kier molecular flexibility index (Phi) is 3.67. The fraction of sp³-hybridized carbons (Fsp3) is 0.333. The van der Waals surface area contributed by atoms with E-state index in [1.54, 1.807) is 0 Å². The predicted molar refractivity (Wildman–Crippen MR) is 52.0 cm³/mol. The minimum Gasteiger partial charge on any atom is -0.507 e. The third kappa shape index (κ3) is 2.58. The molecule has 0 spiro atoms. The maximum absolute atomic E-state index is 12.3. The molecule has 0 bridgehead atoms. The van der Waals surface area contributed by atoms with E-state index in [4.69, 9.17) is 22.4 Å². The lowest BCUT2D eigenvalue weighted by atomic mass is 10.0. The predicted octanol–water partition coefficient (Wildman–Crippen LogP) is 2.10. The minimum absolute atomic E-state index is 0.0310. The van der Waals surface area contributed by atoms with Gasteiger partial charge in [0.1, 0.15) is 11.8 Å². The van der Waals surface area contributed by atoms with Gasteiger partial charge < -0.3 is 15.9 Å². The number of aliphatic hydroxyl groups excluding tert-OH is 1. The number of phenols is 1. The fourth-order valence-corrected chi connectivity index (χ4v) is 1.46. The number of aromatic hydroxyl groups is 1. The van der Waals surface area contributed by atoms with E-state index in [1.807, 2.05) is 0 Å². The molecular formula is C9H9ClF3NO2. The van der Waals surface area contributed by atoms with Crippen LogP contribution in [-0.2, 0) is 6.61 Å². The molecular weight excluding hydrogens is 247 g/mol. The molecule has 1 atom stereocenters. The van der Waals surface area contributed by atoms with Crippen molar-refractivity contribution in [2.24, 2.45) is 5.73 Å². The summed E-state index contributed by atoms with van der Waals surface area (Å²) in [5.74, 6) is -0.684. The van der Waals surface area contributed by atoms with Gasteiger partial charge in [-0.25, -0.2) is 0 Å². The van der Waals surface area contributed by atoms with Gasteiger partial charge in [-0.2, -0.15) is 13.2 Å². The van der Waals surface area contributed by atoms with Gasteiger partial charge in [0.2, 0.25) is 0 Å².